The van der Waals surface area contributed by atoms with Crippen molar-refractivity contribution in [2.24, 2.45) is 0 Å². The van der Waals surface area contributed by atoms with Crippen LogP contribution in [0, 0.1) is 5.82 Å². The largest absolute Gasteiger partial charge is 0.477 e. The number of hydrogen-bond donors (Lipinski definition) is 2. The van der Waals surface area contributed by atoms with Crippen LogP contribution in [0.4, 0.5) is 10.1 Å². The lowest BCUT2D eigenvalue weighted by atomic mass is 10.1. The number of unbranched alkanes of at least 4 members (excludes halogenated alkanes) is 2. The van der Waals surface area contributed by atoms with Crippen LogP contribution in [0.1, 0.15) is 65.8 Å². The molecule has 3 aromatic rings. The first-order valence-electron chi connectivity index (χ1n) is 14.2. The minimum absolute atomic E-state index is 0.0576. The minimum Gasteiger partial charge on any atom is -0.477 e. The molecule has 10 nitrogen and oxygen atoms in total. The monoisotopic (exact) mass is 564 g/mol. The van der Waals surface area contributed by atoms with Gasteiger partial charge in [-0.25, -0.2) is 9.18 Å². The van der Waals surface area contributed by atoms with Gasteiger partial charge in [0.2, 0.25) is 12.0 Å². The molecule has 0 radical (unpaired) electrons. The van der Waals surface area contributed by atoms with Gasteiger partial charge in [0.15, 0.2) is 12.4 Å². The Balaban J connectivity index is 1.24. The predicted octanol–water partition coefficient (Wildman–Crippen LogP) is 2.73. The molecule has 0 atom stereocenters. The molecule has 5 rings (SSSR count). The molecule has 216 valence electrons. The number of pyridine rings is 2. The first-order valence-corrected chi connectivity index (χ1v) is 14.2. The van der Waals surface area contributed by atoms with Crippen LogP contribution in [-0.2, 0) is 11.3 Å². The molecule has 2 amide bonds. The number of nitrogens with zero attached hydrogens (tertiary/aromatic N) is 4. The smallest absolute Gasteiger partial charge is 0.341 e. The fourth-order valence-corrected chi connectivity index (χ4v) is 5.27. The van der Waals surface area contributed by atoms with Crippen molar-refractivity contribution in [1.29, 1.82) is 0 Å². The number of hydrogen-bond acceptors (Lipinski definition) is 5. The summed E-state index contributed by atoms with van der Waals surface area (Å²) < 4.78 is 18.8. The van der Waals surface area contributed by atoms with Crippen LogP contribution >= 0.6 is 0 Å². The Bertz CT molecular complexity index is 1520. The summed E-state index contributed by atoms with van der Waals surface area (Å²) in [5, 5.41) is 12.4. The van der Waals surface area contributed by atoms with Crippen LogP contribution in [0.25, 0.3) is 10.9 Å². The van der Waals surface area contributed by atoms with Gasteiger partial charge in [-0.2, -0.15) is 4.57 Å². The first kappa shape index (κ1) is 28.3. The Morgan fingerprint density at radius 2 is 1.78 bits per heavy atom. The third-order valence-electron chi connectivity index (χ3n) is 7.75. The van der Waals surface area contributed by atoms with Gasteiger partial charge < -0.3 is 24.8 Å². The molecule has 1 saturated heterocycles. The summed E-state index contributed by atoms with van der Waals surface area (Å²) in [4.78, 5) is 53.2. The molecule has 1 aliphatic carbocycles. The highest BCUT2D eigenvalue weighted by Gasteiger charge is 2.29. The zero-order valence-electron chi connectivity index (χ0n) is 23.1. The quantitative estimate of drug-likeness (QED) is 0.289. The number of fused-ring (bicyclic) bond motifs is 1. The molecule has 2 aliphatic rings. The fourth-order valence-electron chi connectivity index (χ4n) is 5.27. The molecule has 3 heterocycles. The summed E-state index contributed by atoms with van der Waals surface area (Å²) in [6.45, 7) is 4.53. The normalized spacial score (nSPS) is 15.3. The number of carbonyl (C=O) groups is 3. The molecule has 1 aromatic carbocycles. The number of aromatic nitrogens is 2. The van der Waals surface area contributed by atoms with Gasteiger partial charge >= 0.3 is 5.97 Å². The molecule has 2 N–H and O–H groups in total. The van der Waals surface area contributed by atoms with Gasteiger partial charge in [-0.05, 0) is 31.4 Å². The summed E-state index contributed by atoms with van der Waals surface area (Å²) in [5.41, 5.74) is 0.306. The summed E-state index contributed by atoms with van der Waals surface area (Å²) in [5.74, 6) is -2.13. The number of rotatable bonds is 10. The fraction of sp³-hybridized carbons (Fsp3) is 0.433. The molecule has 0 unspecified atom stereocenters. The maximum Gasteiger partial charge on any atom is 0.341 e. The van der Waals surface area contributed by atoms with E-state index in [1.54, 1.807) is 44.6 Å². The topological polar surface area (TPSA) is 116 Å². The maximum absolute atomic E-state index is 15.3. The lowest BCUT2D eigenvalue weighted by Gasteiger charge is -2.36. The van der Waals surface area contributed by atoms with Gasteiger partial charge in [-0.15, -0.1) is 0 Å². The number of anilines is 1. The number of piperazine rings is 1. The number of carboxylic acids is 1. The highest BCUT2D eigenvalue weighted by molar-refractivity contribution is 5.95. The average molecular weight is 565 g/mol. The van der Waals surface area contributed by atoms with Crippen LogP contribution < -0.4 is 20.2 Å². The van der Waals surface area contributed by atoms with E-state index < -0.39 is 17.2 Å². The zero-order chi connectivity index (χ0) is 29.1. The van der Waals surface area contributed by atoms with E-state index in [2.05, 4.69) is 12.2 Å². The van der Waals surface area contributed by atoms with Crippen molar-refractivity contribution in [2.45, 2.75) is 51.6 Å². The van der Waals surface area contributed by atoms with Gasteiger partial charge in [0, 0.05) is 62.5 Å². The van der Waals surface area contributed by atoms with E-state index in [-0.39, 0.29) is 35.4 Å². The van der Waals surface area contributed by atoms with Crippen molar-refractivity contribution >= 4 is 34.4 Å². The van der Waals surface area contributed by atoms with Crippen molar-refractivity contribution in [3.05, 3.63) is 70.0 Å². The van der Waals surface area contributed by atoms with E-state index in [1.165, 1.54) is 6.20 Å². The average Bonchev–Trinajstić information content (AvgIpc) is 3.81. The van der Waals surface area contributed by atoms with Gasteiger partial charge in [-0.1, -0.05) is 19.8 Å². The highest BCUT2D eigenvalue weighted by Crippen LogP contribution is 2.38. The summed E-state index contributed by atoms with van der Waals surface area (Å²) in [6.07, 6.45) is 9.67. The van der Waals surface area contributed by atoms with E-state index in [0.29, 0.717) is 49.5 Å². The van der Waals surface area contributed by atoms with Crippen LogP contribution in [0.2, 0.25) is 0 Å². The SMILES string of the molecule is CCCCCNC(=O)C[n+]1ccc(C(=O)N2CCN(c3cc4c(cc3F)c(=O)c(C(=O)O)cn4C3CC3)CC2)cc1. The summed E-state index contributed by atoms with van der Waals surface area (Å²) in [6, 6.07) is 6.26. The lowest BCUT2D eigenvalue weighted by molar-refractivity contribution is -0.684. The Hall–Kier alpha value is -4.28. The predicted molar refractivity (Wildman–Crippen MR) is 151 cm³/mol. The third-order valence-corrected chi connectivity index (χ3v) is 7.75. The van der Waals surface area contributed by atoms with Crippen LogP contribution in [0.5, 0.6) is 0 Å². The van der Waals surface area contributed by atoms with E-state index in [1.807, 2.05) is 4.90 Å². The van der Waals surface area contributed by atoms with Crippen molar-refractivity contribution < 1.29 is 28.4 Å². The first-order chi connectivity index (χ1) is 19.8. The zero-order valence-corrected chi connectivity index (χ0v) is 23.1. The van der Waals surface area contributed by atoms with Crippen molar-refractivity contribution in [1.82, 2.24) is 14.8 Å². The molecule has 41 heavy (non-hydrogen) atoms. The second kappa shape index (κ2) is 12.1. The molecule has 0 spiro atoms. The number of carboxylic acid groups (broad SMARTS) is 1. The highest BCUT2D eigenvalue weighted by atomic mass is 19.1. The van der Waals surface area contributed by atoms with Gasteiger partial charge in [0.25, 0.3) is 11.8 Å². The van der Waals surface area contributed by atoms with Crippen LogP contribution in [0.15, 0.2) is 47.7 Å². The second-order valence-electron chi connectivity index (χ2n) is 10.7. The molecule has 0 bridgehead atoms. The standard InChI is InChI=1S/C30H34FN5O5/c1-2-3-4-9-32-27(37)19-33-10-7-20(8-11-33)29(39)35-14-12-34(13-15-35)26-17-25-22(16-24(26)31)28(38)23(30(40)41)18-36(25)21-5-6-21/h7-8,10-11,16-18,21H,2-6,9,12-15,19H2,1H3,(H-,32,37,40,41)/p+1. The number of aromatic carboxylic acids is 1. The summed E-state index contributed by atoms with van der Waals surface area (Å²) >= 11 is 0. The van der Waals surface area contributed by atoms with Crippen molar-refractivity contribution in [3.8, 4) is 0 Å². The summed E-state index contributed by atoms with van der Waals surface area (Å²) in [7, 11) is 0. The van der Waals surface area contributed by atoms with Crippen LogP contribution in [-0.4, -0.2) is 65.1 Å². The lowest BCUT2D eigenvalue weighted by Crippen LogP contribution is -2.49. The van der Waals surface area contributed by atoms with Crippen LogP contribution in [0.3, 0.4) is 0 Å². The van der Waals surface area contributed by atoms with E-state index >= 15 is 4.39 Å². The molecule has 11 heteroatoms. The van der Waals surface area contributed by atoms with Gasteiger partial charge in [-0.3, -0.25) is 14.4 Å². The number of amides is 2. The maximum atomic E-state index is 15.3. The van der Waals surface area contributed by atoms with Crippen molar-refractivity contribution in [3.63, 3.8) is 0 Å². The number of benzene rings is 1. The Morgan fingerprint density at radius 1 is 1.07 bits per heavy atom. The Labute approximate surface area is 237 Å². The molecular formula is C30H35FN5O5+. The number of carbonyl (C=O) groups excluding carboxylic acids is 2. The van der Waals surface area contributed by atoms with Crippen molar-refractivity contribution in [2.75, 3.05) is 37.6 Å². The Kier molecular flexibility index (Phi) is 8.32. The third kappa shape index (κ3) is 6.23. The molecule has 2 aromatic heterocycles. The van der Waals surface area contributed by atoms with E-state index in [4.69, 9.17) is 0 Å². The van der Waals surface area contributed by atoms with E-state index in [0.717, 1.165) is 38.2 Å². The number of nitrogens with one attached hydrogen (secondary N) is 1. The number of halogens is 1. The Morgan fingerprint density at radius 3 is 2.41 bits per heavy atom. The molecule has 2 fully saturated rings. The van der Waals surface area contributed by atoms with Gasteiger partial charge in [0.1, 0.15) is 11.4 Å². The second-order valence-corrected chi connectivity index (χ2v) is 10.7. The molecular weight excluding hydrogens is 529 g/mol. The molecule has 1 aliphatic heterocycles. The molecule has 1 saturated carbocycles. The minimum atomic E-state index is -1.33. The van der Waals surface area contributed by atoms with E-state index in [9.17, 15) is 24.3 Å². The van der Waals surface area contributed by atoms with Gasteiger partial charge in [0.05, 0.1) is 16.8 Å².